The van der Waals surface area contributed by atoms with Gasteiger partial charge in [0, 0.05) is 25.4 Å². The van der Waals surface area contributed by atoms with Crippen LogP contribution in [0.4, 0.5) is 0 Å². The van der Waals surface area contributed by atoms with Crippen molar-refractivity contribution in [1.82, 2.24) is 9.58 Å². The molecule has 0 aromatic carbocycles. The summed E-state index contributed by atoms with van der Waals surface area (Å²) in [7, 11) is 0. The van der Waals surface area contributed by atoms with Gasteiger partial charge in [0.1, 0.15) is 6.10 Å². The van der Waals surface area contributed by atoms with Crippen LogP contribution >= 0.6 is 0 Å². The molecule has 0 spiro atoms. The smallest absolute Gasteiger partial charge is 0.278 e. The number of pyridine rings is 1. The summed E-state index contributed by atoms with van der Waals surface area (Å²) in [5.74, 6) is -0.547. The summed E-state index contributed by atoms with van der Waals surface area (Å²) in [4.78, 5) is 40.8. The molecule has 2 atom stereocenters. The second kappa shape index (κ2) is 9.18. The SMILES string of the molecule is CCCCCCOc1c2n(ccc1=O)N(C(=O)[C@H]1CCCO1)[C@H]1COCCN1C2=O. The molecule has 1 aromatic rings. The summed E-state index contributed by atoms with van der Waals surface area (Å²) in [6.07, 6.45) is 5.77. The van der Waals surface area contributed by atoms with Gasteiger partial charge in [-0.1, -0.05) is 26.2 Å². The topological polar surface area (TPSA) is 90.3 Å². The van der Waals surface area contributed by atoms with Gasteiger partial charge in [0.2, 0.25) is 5.43 Å². The first-order valence-corrected chi connectivity index (χ1v) is 10.9. The van der Waals surface area contributed by atoms with E-state index in [0.717, 1.165) is 32.1 Å². The minimum atomic E-state index is -0.574. The molecule has 0 bridgehead atoms. The molecule has 9 nitrogen and oxygen atoms in total. The predicted octanol–water partition coefficient (Wildman–Crippen LogP) is 1.26. The summed E-state index contributed by atoms with van der Waals surface area (Å²) in [6.45, 7) is 3.95. The van der Waals surface area contributed by atoms with E-state index in [1.54, 1.807) is 4.90 Å². The lowest BCUT2D eigenvalue weighted by atomic mass is 10.1. The second-order valence-electron chi connectivity index (χ2n) is 7.85. The van der Waals surface area contributed by atoms with Crippen molar-refractivity contribution < 1.29 is 23.8 Å². The van der Waals surface area contributed by atoms with Crippen molar-refractivity contribution >= 4 is 11.8 Å². The first-order chi connectivity index (χ1) is 14.6. The third-order valence-corrected chi connectivity index (χ3v) is 5.79. The van der Waals surface area contributed by atoms with E-state index in [4.69, 9.17) is 14.2 Å². The van der Waals surface area contributed by atoms with E-state index in [2.05, 4.69) is 6.92 Å². The number of unbranched alkanes of at least 4 members (excludes halogenated alkanes) is 3. The molecule has 2 fully saturated rings. The molecule has 164 valence electrons. The van der Waals surface area contributed by atoms with E-state index < -0.39 is 12.3 Å². The zero-order valence-electron chi connectivity index (χ0n) is 17.4. The van der Waals surface area contributed by atoms with E-state index >= 15 is 0 Å². The maximum Gasteiger partial charge on any atom is 0.278 e. The van der Waals surface area contributed by atoms with Crippen LogP contribution in [0.5, 0.6) is 5.75 Å². The molecule has 2 saturated heterocycles. The van der Waals surface area contributed by atoms with Gasteiger partial charge in [-0.05, 0) is 19.3 Å². The third-order valence-electron chi connectivity index (χ3n) is 5.79. The Morgan fingerprint density at radius 3 is 2.87 bits per heavy atom. The highest BCUT2D eigenvalue weighted by Crippen LogP contribution is 2.28. The Bertz CT molecular complexity index is 848. The van der Waals surface area contributed by atoms with Crippen molar-refractivity contribution in [2.75, 3.05) is 38.0 Å². The number of hydrogen-bond donors (Lipinski definition) is 0. The van der Waals surface area contributed by atoms with Gasteiger partial charge in [0.05, 0.1) is 19.8 Å². The van der Waals surface area contributed by atoms with E-state index in [0.29, 0.717) is 32.8 Å². The fourth-order valence-corrected chi connectivity index (χ4v) is 4.21. The molecule has 4 rings (SSSR count). The van der Waals surface area contributed by atoms with Gasteiger partial charge in [-0.3, -0.25) is 14.4 Å². The minimum Gasteiger partial charge on any atom is -0.487 e. The molecule has 0 unspecified atom stereocenters. The fourth-order valence-electron chi connectivity index (χ4n) is 4.21. The molecular weight excluding hydrogens is 390 g/mol. The quantitative estimate of drug-likeness (QED) is 0.618. The summed E-state index contributed by atoms with van der Waals surface area (Å²) in [5.41, 5.74) is -0.260. The number of aromatic nitrogens is 1. The van der Waals surface area contributed by atoms with Gasteiger partial charge >= 0.3 is 0 Å². The standard InChI is InChI=1S/C21H29N3O6/c1-2-3-4-5-11-30-19-15(25)8-9-23-18(19)21(27)22-10-13-28-14-17(22)24(23)20(26)16-7-6-12-29-16/h8-9,16-17H,2-7,10-14H2,1H3/t16-,17+/m1/s1. The van der Waals surface area contributed by atoms with Crippen LogP contribution in [0.2, 0.25) is 0 Å². The Balaban J connectivity index is 1.70. The van der Waals surface area contributed by atoms with Crippen molar-refractivity contribution in [2.45, 2.75) is 57.7 Å². The molecule has 0 aliphatic carbocycles. The van der Waals surface area contributed by atoms with Crippen LogP contribution in [0.25, 0.3) is 0 Å². The molecular formula is C21H29N3O6. The van der Waals surface area contributed by atoms with Crippen molar-refractivity contribution in [2.24, 2.45) is 0 Å². The first kappa shape index (κ1) is 20.9. The molecule has 3 aliphatic rings. The highest BCUT2D eigenvalue weighted by molar-refractivity contribution is 6.00. The molecule has 30 heavy (non-hydrogen) atoms. The lowest BCUT2D eigenvalue weighted by Gasteiger charge is -2.47. The molecule has 3 aliphatic heterocycles. The van der Waals surface area contributed by atoms with Gasteiger partial charge in [-0.2, -0.15) is 0 Å². The molecule has 0 N–H and O–H groups in total. The predicted molar refractivity (Wildman–Crippen MR) is 108 cm³/mol. The Labute approximate surface area is 175 Å². The Kier molecular flexibility index (Phi) is 6.38. The van der Waals surface area contributed by atoms with Gasteiger partial charge in [-0.25, -0.2) is 9.69 Å². The Morgan fingerprint density at radius 1 is 1.23 bits per heavy atom. The zero-order chi connectivity index (χ0) is 21.1. The fraction of sp³-hybridized carbons (Fsp3) is 0.667. The molecule has 1 aromatic heterocycles. The molecule has 0 radical (unpaired) electrons. The Morgan fingerprint density at radius 2 is 2.10 bits per heavy atom. The van der Waals surface area contributed by atoms with Crippen LogP contribution in [-0.4, -0.2) is 66.6 Å². The summed E-state index contributed by atoms with van der Waals surface area (Å²) in [5, 5.41) is 1.50. The van der Waals surface area contributed by atoms with E-state index in [9.17, 15) is 14.4 Å². The van der Waals surface area contributed by atoms with Gasteiger partial charge in [0.25, 0.3) is 11.8 Å². The summed E-state index contributed by atoms with van der Waals surface area (Å²) in [6, 6.07) is 1.34. The van der Waals surface area contributed by atoms with Crippen LogP contribution < -0.4 is 15.2 Å². The maximum absolute atomic E-state index is 13.3. The number of rotatable bonds is 7. The van der Waals surface area contributed by atoms with Gasteiger partial charge in [-0.15, -0.1) is 0 Å². The van der Waals surface area contributed by atoms with Crippen LogP contribution in [-0.2, 0) is 14.3 Å². The molecule has 9 heteroatoms. The lowest BCUT2D eigenvalue weighted by Crippen LogP contribution is -2.68. The largest absolute Gasteiger partial charge is 0.487 e. The highest BCUT2D eigenvalue weighted by Gasteiger charge is 2.46. The number of fused-ring (bicyclic) bond motifs is 2. The van der Waals surface area contributed by atoms with E-state index in [-0.39, 0.29) is 35.3 Å². The van der Waals surface area contributed by atoms with Crippen molar-refractivity contribution in [1.29, 1.82) is 0 Å². The Hall–Kier alpha value is -2.39. The van der Waals surface area contributed by atoms with Crippen molar-refractivity contribution in [3.63, 3.8) is 0 Å². The highest BCUT2D eigenvalue weighted by atomic mass is 16.5. The summed E-state index contributed by atoms with van der Waals surface area (Å²) < 4.78 is 18.4. The number of carbonyl (C=O) groups is 2. The van der Waals surface area contributed by atoms with Crippen LogP contribution in [0.1, 0.15) is 55.9 Å². The molecule has 2 amide bonds. The molecule has 0 saturated carbocycles. The number of nitrogens with zero attached hydrogens (tertiary/aromatic N) is 3. The van der Waals surface area contributed by atoms with Gasteiger partial charge < -0.3 is 19.1 Å². The van der Waals surface area contributed by atoms with Crippen molar-refractivity contribution in [3.8, 4) is 5.75 Å². The van der Waals surface area contributed by atoms with Crippen molar-refractivity contribution in [3.05, 3.63) is 28.2 Å². The number of carbonyl (C=O) groups excluding carboxylic acids is 2. The molecule has 4 heterocycles. The normalized spacial score (nSPS) is 23.3. The number of morpholine rings is 1. The van der Waals surface area contributed by atoms with E-state index in [1.165, 1.54) is 21.9 Å². The van der Waals surface area contributed by atoms with Crippen LogP contribution in [0, 0.1) is 0 Å². The minimum absolute atomic E-state index is 0.00841. The van der Waals surface area contributed by atoms with Gasteiger partial charge in [0.15, 0.2) is 17.6 Å². The average molecular weight is 419 g/mol. The number of hydrogen-bond acceptors (Lipinski definition) is 6. The second-order valence-corrected chi connectivity index (χ2v) is 7.85. The van der Waals surface area contributed by atoms with E-state index in [1.807, 2.05) is 0 Å². The lowest BCUT2D eigenvalue weighted by molar-refractivity contribution is -0.132. The third kappa shape index (κ3) is 3.83. The summed E-state index contributed by atoms with van der Waals surface area (Å²) >= 11 is 0. The van der Waals surface area contributed by atoms with Crippen LogP contribution in [0.3, 0.4) is 0 Å². The zero-order valence-corrected chi connectivity index (χ0v) is 17.4. The number of ether oxygens (including phenoxy) is 3. The monoisotopic (exact) mass is 419 g/mol. The first-order valence-electron chi connectivity index (χ1n) is 10.9. The maximum atomic E-state index is 13.3. The van der Waals surface area contributed by atoms with Crippen LogP contribution in [0.15, 0.2) is 17.1 Å². The average Bonchev–Trinajstić information content (AvgIpc) is 3.30. The number of amides is 2.